The first-order valence-electron chi connectivity index (χ1n) is 7.26. The Morgan fingerprint density at radius 2 is 2.36 bits per heavy atom. The maximum Gasteiger partial charge on any atom is 0.259 e. The van der Waals surface area contributed by atoms with Gasteiger partial charge in [0.05, 0.1) is 11.6 Å². The molecule has 1 heterocycles. The summed E-state index contributed by atoms with van der Waals surface area (Å²) in [5.41, 5.74) is -0.185. The maximum absolute atomic E-state index is 13.7. The molecule has 0 spiro atoms. The molecule has 2 N–H and O–H groups in total. The van der Waals surface area contributed by atoms with Gasteiger partial charge < -0.3 is 15.2 Å². The van der Waals surface area contributed by atoms with Gasteiger partial charge in [0.15, 0.2) is 11.6 Å². The normalized spacial score (nSPS) is 18.5. The van der Waals surface area contributed by atoms with Gasteiger partial charge in [-0.25, -0.2) is 4.39 Å². The number of rotatable bonds is 5. The van der Waals surface area contributed by atoms with Crippen LogP contribution in [0.4, 0.5) is 4.39 Å². The lowest BCUT2D eigenvalue weighted by Gasteiger charge is -2.23. The number of hydrogen-bond acceptors (Lipinski definition) is 4. The summed E-state index contributed by atoms with van der Waals surface area (Å²) in [7, 11) is 1.37. The molecule has 0 aromatic heterocycles. The van der Waals surface area contributed by atoms with E-state index in [4.69, 9.17) is 4.74 Å². The van der Waals surface area contributed by atoms with Gasteiger partial charge in [0.1, 0.15) is 11.3 Å². The van der Waals surface area contributed by atoms with Gasteiger partial charge in [0, 0.05) is 12.6 Å². The average Bonchev–Trinajstić information content (AvgIpc) is 2.95. The highest BCUT2D eigenvalue weighted by Crippen LogP contribution is 2.37. The van der Waals surface area contributed by atoms with Crippen LogP contribution in [-0.2, 0) is 0 Å². The molecule has 1 aromatic rings. The van der Waals surface area contributed by atoms with Crippen LogP contribution in [0.5, 0.6) is 11.5 Å². The van der Waals surface area contributed by atoms with E-state index in [0.717, 1.165) is 32.0 Å². The highest BCUT2D eigenvalue weighted by Gasteiger charge is 2.27. The van der Waals surface area contributed by atoms with Crippen molar-refractivity contribution in [1.82, 2.24) is 10.2 Å². The molecule has 1 amide bonds. The number of amides is 1. The number of nitrogens with one attached hydrogen (secondary N) is 1. The Bertz CT molecular complexity index is 568. The summed E-state index contributed by atoms with van der Waals surface area (Å²) in [5, 5.41) is 12.6. The molecule has 122 valence electrons. The van der Waals surface area contributed by atoms with Crippen molar-refractivity contribution in [3.8, 4) is 11.5 Å². The van der Waals surface area contributed by atoms with Crippen LogP contribution in [0.15, 0.2) is 10.5 Å². The van der Waals surface area contributed by atoms with Crippen molar-refractivity contribution in [3.63, 3.8) is 0 Å². The number of phenols is 1. The molecule has 0 unspecified atom stereocenters. The molecule has 0 aliphatic carbocycles. The van der Waals surface area contributed by atoms with Gasteiger partial charge in [0.25, 0.3) is 5.91 Å². The Morgan fingerprint density at radius 1 is 1.64 bits per heavy atom. The topological polar surface area (TPSA) is 61.8 Å². The molecule has 1 aliphatic heterocycles. The SMILES string of the molecule is CCN1CCC[C@H]1CNC(=O)c1c(O)c(F)cc(Br)c1OC. The molecule has 2 rings (SSSR count). The van der Waals surface area contributed by atoms with Gasteiger partial charge in [-0.05, 0) is 47.9 Å². The number of ether oxygens (including phenoxy) is 1. The van der Waals surface area contributed by atoms with E-state index >= 15 is 0 Å². The van der Waals surface area contributed by atoms with E-state index in [1.54, 1.807) is 0 Å². The Balaban J connectivity index is 2.16. The van der Waals surface area contributed by atoms with E-state index in [1.165, 1.54) is 7.11 Å². The Morgan fingerprint density at radius 3 is 3.00 bits per heavy atom. The first kappa shape index (κ1) is 17.0. The highest BCUT2D eigenvalue weighted by molar-refractivity contribution is 9.10. The van der Waals surface area contributed by atoms with Crippen LogP contribution in [-0.4, -0.2) is 48.7 Å². The molecule has 1 atom stereocenters. The largest absolute Gasteiger partial charge is 0.504 e. The minimum Gasteiger partial charge on any atom is -0.504 e. The number of likely N-dealkylation sites (N-methyl/N-ethyl adjacent to an activating group) is 1. The third kappa shape index (κ3) is 3.35. The summed E-state index contributed by atoms with van der Waals surface area (Å²) in [6.07, 6.45) is 2.12. The fourth-order valence-corrected chi connectivity index (χ4v) is 3.40. The Kier molecular flexibility index (Phi) is 5.63. The smallest absolute Gasteiger partial charge is 0.259 e. The lowest BCUT2D eigenvalue weighted by molar-refractivity contribution is 0.0934. The summed E-state index contributed by atoms with van der Waals surface area (Å²) in [4.78, 5) is 14.6. The minimum absolute atomic E-state index is 0.121. The van der Waals surface area contributed by atoms with Crippen molar-refractivity contribution in [1.29, 1.82) is 0 Å². The minimum atomic E-state index is -0.867. The molecule has 0 bridgehead atoms. The standard InChI is InChI=1S/C15H20BrFN2O3/c1-3-19-6-4-5-9(19)8-18-15(21)12-13(20)11(17)7-10(16)14(12)22-2/h7,9,20H,3-6,8H2,1-2H3,(H,18,21)/t9-/m0/s1. The van der Waals surface area contributed by atoms with Crippen LogP contribution in [0.25, 0.3) is 0 Å². The maximum atomic E-state index is 13.7. The fraction of sp³-hybridized carbons (Fsp3) is 0.533. The molecule has 0 radical (unpaired) electrons. The van der Waals surface area contributed by atoms with E-state index in [2.05, 4.69) is 33.1 Å². The van der Waals surface area contributed by atoms with Crippen molar-refractivity contribution in [3.05, 3.63) is 21.9 Å². The van der Waals surface area contributed by atoms with Crippen molar-refractivity contribution in [2.24, 2.45) is 0 Å². The zero-order valence-electron chi connectivity index (χ0n) is 12.7. The second-order valence-electron chi connectivity index (χ2n) is 5.23. The van der Waals surface area contributed by atoms with Crippen molar-refractivity contribution in [2.45, 2.75) is 25.8 Å². The number of methoxy groups -OCH3 is 1. The molecule has 1 aromatic carbocycles. The van der Waals surface area contributed by atoms with Crippen LogP contribution < -0.4 is 10.1 Å². The number of halogens is 2. The molecular formula is C15H20BrFN2O3. The molecule has 22 heavy (non-hydrogen) atoms. The molecule has 5 nitrogen and oxygen atoms in total. The summed E-state index contributed by atoms with van der Waals surface area (Å²) in [6, 6.07) is 1.35. The average molecular weight is 375 g/mol. The molecule has 1 fully saturated rings. The quantitative estimate of drug-likeness (QED) is 0.831. The third-order valence-corrected chi connectivity index (χ3v) is 4.58. The number of likely N-dealkylation sites (tertiary alicyclic amines) is 1. The molecule has 1 aliphatic rings. The zero-order chi connectivity index (χ0) is 16.3. The van der Waals surface area contributed by atoms with Gasteiger partial charge >= 0.3 is 0 Å². The van der Waals surface area contributed by atoms with Crippen LogP contribution >= 0.6 is 15.9 Å². The van der Waals surface area contributed by atoms with Gasteiger partial charge in [-0.15, -0.1) is 0 Å². The number of carbonyl (C=O) groups is 1. The van der Waals surface area contributed by atoms with Crippen LogP contribution in [0, 0.1) is 5.82 Å². The molecule has 7 heteroatoms. The second kappa shape index (κ2) is 7.28. The van der Waals surface area contributed by atoms with Crippen LogP contribution in [0.2, 0.25) is 0 Å². The van der Waals surface area contributed by atoms with Gasteiger partial charge in [-0.2, -0.15) is 0 Å². The van der Waals surface area contributed by atoms with E-state index < -0.39 is 17.5 Å². The van der Waals surface area contributed by atoms with Gasteiger partial charge in [0.2, 0.25) is 0 Å². The van der Waals surface area contributed by atoms with E-state index in [0.29, 0.717) is 6.54 Å². The van der Waals surface area contributed by atoms with Gasteiger partial charge in [-0.1, -0.05) is 6.92 Å². The lowest BCUT2D eigenvalue weighted by atomic mass is 10.1. The predicted octanol–water partition coefficient (Wildman–Crippen LogP) is 2.52. The summed E-state index contributed by atoms with van der Waals surface area (Å²) in [5.74, 6) is -1.99. The van der Waals surface area contributed by atoms with Crippen molar-refractivity contribution >= 4 is 21.8 Å². The second-order valence-corrected chi connectivity index (χ2v) is 6.09. The summed E-state index contributed by atoms with van der Waals surface area (Å²) in [6.45, 7) is 4.50. The molecule has 1 saturated heterocycles. The number of carbonyl (C=O) groups excluding carboxylic acids is 1. The van der Waals surface area contributed by atoms with Crippen molar-refractivity contribution in [2.75, 3.05) is 26.7 Å². The number of hydrogen-bond donors (Lipinski definition) is 2. The highest BCUT2D eigenvalue weighted by atomic mass is 79.9. The summed E-state index contributed by atoms with van der Waals surface area (Å²) < 4.78 is 19.0. The van der Waals surface area contributed by atoms with E-state index in [-0.39, 0.29) is 21.8 Å². The fourth-order valence-electron chi connectivity index (χ4n) is 2.84. The zero-order valence-corrected chi connectivity index (χ0v) is 14.2. The first-order chi connectivity index (χ1) is 10.5. The Labute approximate surface area is 137 Å². The molecular weight excluding hydrogens is 355 g/mol. The monoisotopic (exact) mass is 374 g/mol. The summed E-state index contributed by atoms with van der Waals surface area (Å²) >= 11 is 3.13. The predicted molar refractivity (Wildman–Crippen MR) is 84.9 cm³/mol. The van der Waals surface area contributed by atoms with E-state index in [1.807, 2.05) is 0 Å². The first-order valence-corrected chi connectivity index (χ1v) is 8.06. The number of nitrogens with zero attached hydrogens (tertiary/aromatic N) is 1. The third-order valence-electron chi connectivity index (χ3n) is 4.00. The van der Waals surface area contributed by atoms with Gasteiger partial charge in [-0.3, -0.25) is 9.69 Å². The lowest BCUT2D eigenvalue weighted by Crippen LogP contribution is -2.40. The molecule has 0 saturated carbocycles. The van der Waals surface area contributed by atoms with Crippen molar-refractivity contribution < 1.29 is 19.0 Å². The number of phenolic OH excluding ortho intramolecular Hbond substituents is 1. The number of aromatic hydroxyl groups is 1. The van der Waals surface area contributed by atoms with Crippen LogP contribution in [0.1, 0.15) is 30.1 Å². The van der Waals surface area contributed by atoms with E-state index in [9.17, 15) is 14.3 Å². The van der Waals surface area contributed by atoms with Crippen LogP contribution in [0.3, 0.4) is 0 Å². The Hall–Kier alpha value is -1.34. The number of benzene rings is 1.